The van der Waals surface area contributed by atoms with Crippen LogP contribution in [0.3, 0.4) is 0 Å². The number of carbonyl (C=O) groups excluding carboxylic acids is 2. The van der Waals surface area contributed by atoms with E-state index in [0.29, 0.717) is 35.9 Å². The molecule has 2 N–H and O–H groups in total. The van der Waals surface area contributed by atoms with Gasteiger partial charge in [0.05, 0.1) is 10.9 Å². The highest BCUT2D eigenvalue weighted by Gasteiger charge is 2.43. The second-order valence-electron chi connectivity index (χ2n) is 9.99. The SMILES string of the molecule is CC(C)[Si](C#CC(=O)N(c1ccc(OC(F)(F)F)c(Cl)c1)C1CCCC1C(N)=O)(C(C)C)C(C)C. The van der Waals surface area contributed by atoms with Crippen LogP contribution in [0, 0.1) is 17.4 Å². The number of nitrogens with zero attached hydrogens (tertiary/aromatic N) is 1. The van der Waals surface area contributed by atoms with Crippen molar-refractivity contribution < 1.29 is 27.5 Å². The third kappa shape index (κ3) is 6.53. The molecule has 0 bridgehead atoms. The van der Waals surface area contributed by atoms with Crippen molar-refractivity contribution in [2.45, 2.75) is 89.8 Å². The molecular formula is C25H34ClF3N2O3Si. The Balaban J connectivity index is 2.59. The van der Waals surface area contributed by atoms with Crippen LogP contribution in [0.1, 0.15) is 60.8 Å². The highest BCUT2D eigenvalue weighted by atomic mass is 35.5. The smallest absolute Gasteiger partial charge is 0.404 e. The highest BCUT2D eigenvalue weighted by Crippen LogP contribution is 2.41. The molecule has 2 rings (SSSR count). The number of ether oxygens (including phenoxy) is 1. The van der Waals surface area contributed by atoms with Gasteiger partial charge in [0.1, 0.15) is 13.8 Å². The second kappa shape index (κ2) is 11.3. The summed E-state index contributed by atoms with van der Waals surface area (Å²) in [7, 11) is -2.23. The predicted octanol–water partition coefficient (Wildman–Crippen LogP) is 6.45. The lowest BCUT2D eigenvalue weighted by atomic mass is 10.0. The lowest BCUT2D eigenvalue weighted by Crippen LogP contribution is -2.47. The van der Waals surface area contributed by atoms with Gasteiger partial charge in [-0.15, -0.1) is 18.7 Å². The van der Waals surface area contributed by atoms with Crippen LogP contribution < -0.4 is 15.4 Å². The molecule has 0 spiro atoms. The molecule has 35 heavy (non-hydrogen) atoms. The van der Waals surface area contributed by atoms with E-state index in [2.05, 4.69) is 57.7 Å². The van der Waals surface area contributed by atoms with Gasteiger partial charge in [-0.3, -0.25) is 14.5 Å². The summed E-state index contributed by atoms with van der Waals surface area (Å²) in [6.07, 6.45) is -3.20. The van der Waals surface area contributed by atoms with Crippen molar-refractivity contribution >= 4 is 37.2 Å². The number of rotatable bonds is 7. The minimum absolute atomic E-state index is 0.243. The third-order valence-corrected chi connectivity index (χ3v) is 13.7. The zero-order valence-corrected chi connectivity index (χ0v) is 22.8. The number of amides is 2. The fourth-order valence-corrected chi connectivity index (χ4v) is 10.9. The Labute approximate surface area is 211 Å². The van der Waals surface area contributed by atoms with Crippen LogP contribution in [-0.2, 0) is 9.59 Å². The van der Waals surface area contributed by atoms with Crippen LogP contribution in [0.2, 0.25) is 21.6 Å². The molecule has 10 heteroatoms. The average molecular weight is 531 g/mol. The molecule has 194 valence electrons. The van der Waals surface area contributed by atoms with Gasteiger partial charge in [0.2, 0.25) is 5.91 Å². The van der Waals surface area contributed by atoms with Gasteiger partial charge in [-0.05, 0) is 53.6 Å². The van der Waals surface area contributed by atoms with E-state index in [0.717, 1.165) is 6.07 Å². The number of halogens is 4. The molecule has 5 nitrogen and oxygen atoms in total. The van der Waals surface area contributed by atoms with E-state index in [1.807, 2.05) is 0 Å². The molecule has 2 amide bonds. The Morgan fingerprint density at radius 3 is 2.14 bits per heavy atom. The summed E-state index contributed by atoms with van der Waals surface area (Å²) in [5, 5.41) is -0.311. The van der Waals surface area contributed by atoms with E-state index in [-0.39, 0.29) is 10.7 Å². The van der Waals surface area contributed by atoms with Gasteiger partial charge in [0.25, 0.3) is 0 Å². The van der Waals surface area contributed by atoms with Crippen molar-refractivity contribution in [3.8, 4) is 17.2 Å². The minimum atomic E-state index is -4.91. The van der Waals surface area contributed by atoms with Gasteiger partial charge >= 0.3 is 12.3 Å². The lowest BCUT2D eigenvalue weighted by Gasteiger charge is -2.38. The number of primary amides is 1. The predicted molar refractivity (Wildman–Crippen MR) is 135 cm³/mol. The van der Waals surface area contributed by atoms with Crippen LogP contribution >= 0.6 is 11.6 Å². The Kier molecular flexibility index (Phi) is 9.34. The fourth-order valence-electron chi connectivity index (χ4n) is 5.54. The fraction of sp³-hybridized carbons (Fsp3) is 0.600. The molecule has 0 radical (unpaired) electrons. The summed E-state index contributed by atoms with van der Waals surface area (Å²) in [5.41, 5.74) is 10.1. The molecular weight excluding hydrogens is 497 g/mol. The standard InChI is InChI=1S/C25H34ClF3N2O3Si/c1-15(2)35(16(3)4,17(5)6)13-12-23(32)31(21-9-7-8-19(21)24(30)33)18-10-11-22(20(26)14-18)34-25(27,28)29/h10-11,14-17,19,21H,7-9H2,1-6H3,(H2,30,33). The van der Waals surface area contributed by atoms with E-state index < -0.39 is 44.0 Å². The number of carbonyl (C=O) groups is 2. The number of benzene rings is 1. The molecule has 2 unspecified atom stereocenters. The zero-order chi connectivity index (χ0) is 26.7. The minimum Gasteiger partial charge on any atom is -0.404 e. The second-order valence-corrected chi connectivity index (χ2v) is 16.0. The molecule has 1 aliphatic carbocycles. The third-order valence-electron chi connectivity index (χ3n) is 7.07. The molecule has 2 atom stereocenters. The first-order valence-electron chi connectivity index (χ1n) is 11.8. The summed E-state index contributed by atoms with van der Waals surface area (Å²) < 4.78 is 42.0. The molecule has 1 aromatic carbocycles. The number of hydrogen-bond donors (Lipinski definition) is 1. The van der Waals surface area contributed by atoms with Gasteiger partial charge in [0, 0.05) is 11.7 Å². The first kappa shape index (κ1) is 29.0. The monoisotopic (exact) mass is 530 g/mol. The Bertz CT molecular complexity index is 980. The Hall–Kier alpha value is -2.18. The van der Waals surface area contributed by atoms with Crippen molar-refractivity contribution in [1.29, 1.82) is 0 Å². The number of alkyl halides is 3. The highest BCUT2D eigenvalue weighted by molar-refractivity contribution is 6.90. The molecule has 1 aliphatic rings. The van der Waals surface area contributed by atoms with Gasteiger partial charge < -0.3 is 10.5 Å². The Morgan fingerprint density at radius 1 is 1.11 bits per heavy atom. The molecule has 0 aromatic heterocycles. The summed E-state index contributed by atoms with van der Waals surface area (Å²) in [5.74, 6) is 0.642. The van der Waals surface area contributed by atoms with E-state index >= 15 is 0 Å². The topological polar surface area (TPSA) is 72.6 Å². The van der Waals surface area contributed by atoms with Crippen LogP contribution in [-0.4, -0.2) is 32.3 Å². The van der Waals surface area contributed by atoms with Crippen molar-refractivity contribution in [2.75, 3.05) is 4.90 Å². The quantitative estimate of drug-likeness (QED) is 0.325. The molecule has 1 saturated carbocycles. The first-order chi connectivity index (χ1) is 16.1. The zero-order valence-electron chi connectivity index (χ0n) is 21.0. The van der Waals surface area contributed by atoms with Gasteiger partial charge in [0.15, 0.2) is 0 Å². The first-order valence-corrected chi connectivity index (χ1v) is 14.4. The van der Waals surface area contributed by atoms with Crippen molar-refractivity contribution in [3.63, 3.8) is 0 Å². The maximum absolute atomic E-state index is 13.6. The van der Waals surface area contributed by atoms with Gasteiger partial charge in [-0.2, -0.15) is 0 Å². The van der Waals surface area contributed by atoms with Gasteiger partial charge in [-0.1, -0.05) is 59.6 Å². The summed E-state index contributed by atoms with van der Waals surface area (Å²) in [6.45, 7) is 12.8. The number of hydrogen-bond acceptors (Lipinski definition) is 3. The van der Waals surface area contributed by atoms with Gasteiger partial charge in [-0.25, -0.2) is 0 Å². The summed E-state index contributed by atoms with van der Waals surface area (Å²) >= 11 is 6.08. The normalized spacial score (nSPS) is 18.5. The largest absolute Gasteiger partial charge is 0.573 e. The van der Waals surface area contributed by atoms with E-state index in [1.165, 1.54) is 17.0 Å². The summed E-state index contributed by atoms with van der Waals surface area (Å²) in [6, 6.07) is 3.05. The molecule has 1 aromatic rings. The summed E-state index contributed by atoms with van der Waals surface area (Å²) in [4.78, 5) is 27.1. The maximum Gasteiger partial charge on any atom is 0.573 e. The van der Waals surface area contributed by atoms with Crippen LogP contribution in [0.25, 0.3) is 0 Å². The van der Waals surface area contributed by atoms with E-state index in [1.54, 1.807) is 0 Å². The molecule has 0 heterocycles. The Morgan fingerprint density at radius 2 is 1.69 bits per heavy atom. The van der Waals surface area contributed by atoms with Crippen molar-refractivity contribution in [3.05, 3.63) is 23.2 Å². The van der Waals surface area contributed by atoms with Crippen molar-refractivity contribution in [1.82, 2.24) is 0 Å². The number of nitrogens with two attached hydrogens (primary N) is 1. The molecule has 1 fully saturated rings. The van der Waals surface area contributed by atoms with Crippen LogP contribution in [0.4, 0.5) is 18.9 Å². The number of anilines is 1. The average Bonchev–Trinajstić information content (AvgIpc) is 3.18. The van der Waals surface area contributed by atoms with Crippen LogP contribution in [0.15, 0.2) is 18.2 Å². The van der Waals surface area contributed by atoms with Crippen LogP contribution in [0.5, 0.6) is 5.75 Å². The maximum atomic E-state index is 13.6. The van der Waals surface area contributed by atoms with E-state index in [9.17, 15) is 22.8 Å². The molecule has 0 aliphatic heterocycles. The van der Waals surface area contributed by atoms with Crippen molar-refractivity contribution in [2.24, 2.45) is 11.7 Å². The van der Waals surface area contributed by atoms with E-state index in [4.69, 9.17) is 17.3 Å². The lowest BCUT2D eigenvalue weighted by molar-refractivity contribution is -0.274. The molecule has 0 saturated heterocycles.